The van der Waals surface area contributed by atoms with Crippen molar-refractivity contribution in [1.29, 1.82) is 0 Å². The van der Waals surface area contributed by atoms with Crippen LogP contribution in [0.4, 0.5) is 14.6 Å². The van der Waals surface area contributed by atoms with Crippen molar-refractivity contribution in [3.8, 4) is 0 Å². The predicted molar refractivity (Wildman–Crippen MR) is 45.0 cm³/mol. The molecule has 2 heterocycles. The number of aromatic amines is 1. The number of imidazole rings is 1. The van der Waals surface area contributed by atoms with Crippen molar-refractivity contribution in [2.45, 2.75) is 18.8 Å². The number of anilines is 1. The highest BCUT2D eigenvalue weighted by Crippen LogP contribution is 2.29. The van der Waals surface area contributed by atoms with Crippen LogP contribution in [0.3, 0.4) is 0 Å². The highest BCUT2D eigenvalue weighted by atomic mass is 19.3. The third-order valence-electron chi connectivity index (χ3n) is 2.32. The molecular formula is C8H11F2N3. The minimum Gasteiger partial charge on any atom is -0.356 e. The van der Waals surface area contributed by atoms with E-state index in [0.717, 1.165) is 5.82 Å². The third-order valence-corrected chi connectivity index (χ3v) is 2.32. The predicted octanol–water partition coefficient (Wildman–Crippen LogP) is 1.65. The molecule has 72 valence electrons. The Morgan fingerprint density at radius 2 is 2.08 bits per heavy atom. The monoisotopic (exact) mass is 187 g/mol. The van der Waals surface area contributed by atoms with Gasteiger partial charge in [0.2, 0.25) is 0 Å². The Kier molecular flexibility index (Phi) is 1.94. The summed E-state index contributed by atoms with van der Waals surface area (Å²) in [5.74, 6) is -1.65. The standard InChI is InChI=1S/C8H11F2N3/c9-8(10)1-3-13(4-2-8)7-5-11-6-12-7/h5-6H,1-4H2,(H,11,12). The van der Waals surface area contributed by atoms with Crippen LogP contribution in [0.25, 0.3) is 0 Å². The molecule has 1 aliphatic heterocycles. The van der Waals surface area contributed by atoms with Gasteiger partial charge in [0.25, 0.3) is 5.92 Å². The van der Waals surface area contributed by atoms with E-state index in [0.29, 0.717) is 13.1 Å². The van der Waals surface area contributed by atoms with E-state index >= 15 is 0 Å². The van der Waals surface area contributed by atoms with E-state index in [1.165, 1.54) is 0 Å². The summed E-state index contributed by atoms with van der Waals surface area (Å²) < 4.78 is 25.5. The Balaban J connectivity index is 1.99. The van der Waals surface area contributed by atoms with Crippen LogP contribution in [0.5, 0.6) is 0 Å². The molecule has 1 aliphatic rings. The molecule has 1 saturated heterocycles. The molecule has 13 heavy (non-hydrogen) atoms. The zero-order chi connectivity index (χ0) is 9.31. The SMILES string of the molecule is FC1(F)CCN(c2cnc[nH]2)CC1. The second-order valence-corrected chi connectivity index (χ2v) is 3.28. The summed E-state index contributed by atoms with van der Waals surface area (Å²) >= 11 is 0. The number of alkyl halides is 2. The first-order chi connectivity index (χ1) is 6.17. The Morgan fingerprint density at radius 3 is 2.62 bits per heavy atom. The molecule has 1 N–H and O–H groups in total. The zero-order valence-corrected chi connectivity index (χ0v) is 7.13. The van der Waals surface area contributed by atoms with Gasteiger partial charge in [-0.05, 0) is 0 Å². The Hall–Kier alpha value is -1.13. The molecule has 0 radical (unpaired) electrons. The topological polar surface area (TPSA) is 31.9 Å². The maximum absolute atomic E-state index is 12.8. The van der Waals surface area contributed by atoms with Crippen LogP contribution in [-0.2, 0) is 0 Å². The van der Waals surface area contributed by atoms with Crippen LogP contribution in [0.2, 0.25) is 0 Å². The Morgan fingerprint density at radius 1 is 1.38 bits per heavy atom. The maximum atomic E-state index is 12.8. The van der Waals surface area contributed by atoms with Crippen LogP contribution in [0, 0.1) is 0 Å². The first-order valence-electron chi connectivity index (χ1n) is 4.28. The van der Waals surface area contributed by atoms with Gasteiger partial charge in [0, 0.05) is 25.9 Å². The van der Waals surface area contributed by atoms with Crippen LogP contribution in [0.1, 0.15) is 12.8 Å². The Labute approximate surface area is 74.8 Å². The number of aromatic nitrogens is 2. The van der Waals surface area contributed by atoms with Gasteiger partial charge in [0.15, 0.2) is 0 Å². The molecule has 5 heteroatoms. The summed E-state index contributed by atoms with van der Waals surface area (Å²) in [6, 6.07) is 0. The summed E-state index contributed by atoms with van der Waals surface area (Å²) in [4.78, 5) is 8.65. The molecule has 0 spiro atoms. The minimum absolute atomic E-state index is 0.0635. The van der Waals surface area contributed by atoms with Gasteiger partial charge in [0.05, 0.1) is 12.5 Å². The zero-order valence-electron chi connectivity index (χ0n) is 7.13. The van der Waals surface area contributed by atoms with Crippen molar-refractivity contribution in [3.05, 3.63) is 12.5 Å². The second-order valence-electron chi connectivity index (χ2n) is 3.28. The lowest BCUT2D eigenvalue weighted by Gasteiger charge is -2.31. The Bertz CT molecular complexity index is 261. The van der Waals surface area contributed by atoms with Crippen molar-refractivity contribution in [2.75, 3.05) is 18.0 Å². The van der Waals surface area contributed by atoms with E-state index in [1.807, 2.05) is 4.90 Å². The van der Waals surface area contributed by atoms with Crippen molar-refractivity contribution < 1.29 is 8.78 Å². The van der Waals surface area contributed by atoms with E-state index in [-0.39, 0.29) is 12.8 Å². The summed E-state index contributed by atoms with van der Waals surface area (Å²) in [7, 11) is 0. The van der Waals surface area contributed by atoms with Crippen molar-refractivity contribution in [3.63, 3.8) is 0 Å². The van der Waals surface area contributed by atoms with E-state index in [9.17, 15) is 8.78 Å². The lowest BCUT2D eigenvalue weighted by molar-refractivity contribution is -0.0221. The summed E-state index contributed by atoms with van der Waals surface area (Å²) in [6.07, 6.45) is 3.09. The largest absolute Gasteiger partial charge is 0.356 e. The quantitative estimate of drug-likeness (QED) is 0.724. The molecule has 0 unspecified atom stereocenters. The fraction of sp³-hybridized carbons (Fsp3) is 0.625. The lowest BCUT2D eigenvalue weighted by atomic mass is 10.1. The molecule has 3 nitrogen and oxygen atoms in total. The second kappa shape index (κ2) is 2.97. The molecule has 1 fully saturated rings. The first-order valence-corrected chi connectivity index (χ1v) is 4.28. The van der Waals surface area contributed by atoms with Gasteiger partial charge in [0.1, 0.15) is 5.82 Å². The number of rotatable bonds is 1. The van der Waals surface area contributed by atoms with Crippen LogP contribution < -0.4 is 4.90 Å². The summed E-state index contributed by atoms with van der Waals surface area (Å²) in [5, 5.41) is 0. The number of nitrogens with zero attached hydrogens (tertiary/aromatic N) is 2. The van der Waals surface area contributed by atoms with Gasteiger partial charge in [-0.1, -0.05) is 0 Å². The third kappa shape index (κ3) is 1.79. The van der Waals surface area contributed by atoms with E-state index in [1.54, 1.807) is 12.5 Å². The van der Waals surface area contributed by atoms with Gasteiger partial charge in [-0.2, -0.15) is 0 Å². The lowest BCUT2D eigenvalue weighted by Crippen LogP contribution is -2.39. The van der Waals surface area contributed by atoms with Gasteiger partial charge < -0.3 is 9.88 Å². The average Bonchev–Trinajstić information content (AvgIpc) is 2.56. The molecular weight excluding hydrogens is 176 g/mol. The fourth-order valence-electron chi connectivity index (χ4n) is 1.50. The highest BCUT2D eigenvalue weighted by molar-refractivity contribution is 5.36. The van der Waals surface area contributed by atoms with Gasteiger partial charge in [-0.15, -0.1) is 0 Å². The highest BCUT2D eigenvalue weighted by Gasteiger charge is 2.34. The molecule has 0 aromatic carbocycles. The van der Waals surface area contributed by atoms with Crippen molar-refractivity contribution in [2.24, 2.45) is 0 Å². The van der Waals surface area contributed by atoms with Gasteiger partial charge in [-0.3, -0.25) is 0 Å². The smallest absolute Gasteiger partial charge is 0.251 e. The van der Waals surface area contributed by atoms with Crippen molar-refractivity contribution in [1.82, 2.24) is 9.97 Å². The number of nitrogens with one attached hydrogen (secondary N) is 1. The number of H-pyrrole nitrogens is 1. The fourth-order valence-corrected chi connectivity index (χ4v) is 1.50. The number of hydrogen-bond acceptors (Lipinski definition) is 2. The van der Waals surface area contributed by atoms with Gasteiger partial charge in [-0.25, -0.2) is 13.8 Å². The van der Waals surface area contributed by atoms with Crippen LogP contribution >= 0.6 is 0 Å². The molecule has 0 saturated carbocycles. The van der Waals surface area contributed by atoms with Crippen LogP contribution in [0.15, 0.2) is 12.5 Å². The molecule has 0 bridgehead atoms. The van der Waals surface area contributed by atoms with E-state index < -0.39 is 5.92 Å². The van der Waals surface area contributed by atoms with E-state index in [2.05, 4.69) is 9.97 Å². The maximum Gasteiger partial charge on any atom is 0.251 e. The van der Waals surface area contributed by atoms with Crippen LogP contribution in [-0.4, -0.2) is 29.0 Å². The first kappa shape index (κ1) is 8.47. The minimum atomic E-state index is -2.48. The van der Waals surface area contributed by atoms with E-state index in [4.69, 9.17) is 0 Å². The summed E-state index contributed by atoms with van der Waals surface area (Å²) in [5.41, 5.74) is 0. The average molecular weight is 187 g/mol. The molecule has 1 aromatic rings. The normalized spacial score (nSPS) is 21.8. The van der Waals surface area contributed by atoms with Gasteiger partial charge >= 0.3 is 0 Å². The number of piperidine rings is 1. The molecule has 2 rings (SSSR count). The molecule has 0 atom stereocenters. The molecule has 0 amide bonds. The summed E-state index contributed by atoms with van der Waals surface area (Å²) in [6.45, 7) is 0.796. The number of hydrogen-bond donors (Lipinski definition) is 1. The molecule has 1 aromatic heterocycles. The number of halogens is 2. The van der Waals surface area contributed by atoms with Crippen molar-refractivity contribution >= 4 is 5.82 Å². The molecule has 0 aliphatic carbocycles.